The molecule has 0 saturated heterocycles. The van der Waals surface area contributed by atoms with E-state index in [0.717, 1.165) is 42.3 Å². The van der Waals surface area contributed by atoms with E-state index in [1.165, 1.54) is 35.8 Å². The van der Waals surface area contributed by atoms with Crippen LogP contribution < -0.4 is 10.0 Å². The summed E-state index contributed by atoms with van der Waals surface area (Å²) in [6, 6.07) is 12.3. The van der Waals surface area contributed by atoms with E-state index in [1.807, 2.05) is 12.1 Å². The molecule has 2 N–H and O–H groups in total. The topological polar surface area (TPSA) is 119 Å². The number of hydrogen-bond donors (Lipinski definition) is 2. The van der Waals surface area contributed by atoms with Crippen LogP contribution in [0.15, 0.2) is 64.9 Å². The van der Waals surface area contributed by atoms with Crippen molar-refractivity contribution >= 4 is 44.4 Å². The van der Waals surface area contributed by atoms with E-state index in [-0.39, 0.29) is 22.6 Å². The van der Waals surface area contributed by atoms with Gasteiger partial charge in [-0.05, 0) is 74.2 Å². The molecule has 0 atom stereocenters. The van der Waals surface area contributed by atoms with E-state index >= 15 is 0 Å². The summed E-state index contributed by atoms with van der Waals surface area (Å²) in [4.78, 5) is 21.6. The van der Waals surface area contributed by atoms with Crippen molar-refractivity contribution in [2.75, 3.05) is 11.1 Å². The normalized spacial score (nSPS) is 14.3. The highest BCUT2D eigenvalue weighted by Crippen LogP contribution is 2.27. The molecule has 0 aliphatic heterocycles. The Morgan fingerprint density at radius 3 is 2.54 bits per heavy atom. The second-order valence-electron chi connectivity index (χ2n) is 9.20. The van der Waals surface area contributed by atoms with E-state index in [9.17, 15) is 13.2 Å². The van der Waals surface area contributed by atoms with Crippen molar-refractivity contribution in [3.63, 3.8) is 0 Å². The highest BCUT2D eigenvalue weighted by Gasteiger charge is 2.23. The Kier molecular flexibility index (Phi) is 7.27. The second-order valence-corrected chi connectivity index (χ2v) is 11.9. The van der Waals surface area contributed by atoms with Crippen molar-refractivity contribution in [1.29, 1.82) is 0 Å². The number of hydrogen-bond acceptors (Lipinski definition) is 7. The Balaban J connectivity index is 1.23. The van der Waals surface area contributed by atoms with Crippen LogP contribution in [0, 0.1) is 13.8 Å². The molecule has 0 unspecified atom stereocenters. The van der Waals surface area contributed by atoms with Crippen molar-refractivity contribution in [1.82, 2.24) is 24.5 Å². The first-order chi connectivity index (χ1) is 17.8. The number of nitrogens with one attached hydrogen (secondary N) is 2. The number of anilines is 1. The lowest BCUT2D eigenvalue weighted by Crippen LogP contribution is -2.32. The van der Waals surface area contributed by atoms with Gasteiger partial charge in [0.05, 0.1) is 27.9 Å². The highest BCUT2D eigenvalue weighted by atomic mass is 32.2. The zero-order valence-electron chi connectivity index (χ0n) is 20.6. The van der Waals surface area contributed by atoms with E-state index in [2.05, 4.69) is 45.0 Å². The molecule has 37 heavy (non-hydrogen) atoms. The summed E-state index contributed by atoms with van der Waals surface area (Å²) < 4.78 is 29.7. The van der Waals surface area contributed by atoms with Gasteiger partial charge in [-0.25, -0.2) is 27.8 Å². The number of rotatable bonds is 8. The number of amides is 1. The van der Waals surface area contributed by atoms with Gasteiger partial charge in [-0.15, -0.1) is 0 Å². The molecule has 4 aromatic rings. The Bertz CT molecular complexity index is 1540. The van der Waals surface area contributed by atoms with Gasteiger partial charge in [0.25, 0.3) is 0 Å². The standard InChI is InChI=1S/C26H28N6O3S2/c1-17-7-10-21(13-18(17)2)32-25-23(14-29-32)26(28-16-27-25)36-15-24(33)30-19-8-11-22(12-9-19)37(34,35)31-20-5-3-4-6-20/h7-14,16,20,31H,3-6,15H2,1-2H3,(H,30,33). The predicted molar refractivity (Wildman–Crippen MR) is 145 cm³/mol. The van der Waals surface area contributed by atoms with Gasteiger partial charge in [0.15, 0.2) is 5.65 Å². The summed E-state index contributed by atoms with van der Waals surface area (Å²) in [6.45, 7) is 4.12. The van der Waals surface area contributed by atoms with Crippen molar-refractivity contribution in [3.05, 3.63) is 66.1 Å². The molecule has 1 aliphatic rings. The Hall–Kier alpha value is -3.28. The Morgan fingerprint density at radius 1 is 1.05 bits per heavy atom. The molecule has 2 aromatic carbocycles. The summed E-state index contributed by atoms with van der Waals surface area (Å²) in [7, 11) is -3.57. The molecular weight excluding hydrogens is 508 g/mol. The summed E-state index contributed by atoms with van der Waals surface area (Å²) in [5.74, 6) is -0.0949. The van der Waals surface area contributed by atoms with Gasteiger partial charge < -0.3 is 5.32 Å². The molecule has 192 valence electrons. The fourth-order valence-electron chi connectivity index (χ4n) is 4.36. The van der Waals surface area contributed by atoms with Crippen LogP contribution in [0.3, 0.4) is 0 Å². The maximum atomic E-state index is 12.6. The number of aryl methyl sites for hydroxylation is 2. The largest absolute Gasteiger partial charge is 0.325 e. The van der Waals surface area contributed by atoms with E-state index in [1.54, 1.807) is 23.0 Å². The minimum Gasteiger partial charge on any atom is -0.325 e. The lowest BCUT2D eigenvalue weighted by Gasteiger charge is -2.13. The first-order valence-corrected chi connectivity index (χ1v) is 14.6. The Morgan fingerprint density at radius 2 is 1.81 bits per heavy atom. The molecule has 1 aliphatic carbocycles. The molecule has 1 saturated carbocycles. The van der Waals surface area contributed by atoms with Crippen LogP contribution in [0.5, 0.6) is 0 Å². The first-order valence-electron chi connectivity index (χ1n) is 12.1. The van der Waals surface area contributed by atoms with Crippen LogP contribution in [0.25, 0.3) is 16.7 Å². The van der Waals surface area contributed by atoms with Crippen molar-refractivity contribution in [2.24, 2.45) is 0 Å². The lowest BCUT2D eigenvalue weighted by molar-refractivity contribution is -0.113. The molecule has 11 heteroatoms. The van der Waals surface area contributed by atoms with Gasteiger partial charge in [-0.3, -0.25) is 4.79 Å². The number of thioether (sulfide) groups is 1. The molecule has 1 amide bonds. The summed E-state index contributed by atoms with van der Waals surface area (Å²) in [6.07, 6.45) is 7.02. The van der Waals surface area contributed by atoms with Crippen molar-refractivity contribution < 1.29 is 13.2 Å². The van der Waals surface area contributed by atoms with E-state index < -0.39 is 10.0 Å². The van der Waals surface area contributed by atoms with E-state index in [0.29, 0.717) is 16.4 Å². The maximum absolute atomic E-state index is 12.6. The van der Waals surface area contributed by atoms with Gasteiger partial charge in [0.1, 0.15) is 11.4 Å². The zero-order chi connectivity index (χ0) is 26.0. The number of benzene rings is 2. The van der Waals surface area contributed by atoms with Crippen molar-refractivity contribution in [3.8, 4) is 5.69 Å². The third-order valence-electron chi connectivity index (χ3n) is 6.53. The number of carbonyl (C=O) groups is 1. The van der Waals surface area contributed by atoms with Gasteiger partial charge in [-0.2, -0.15) is 5.10 Å². The summed E-state index contributed by atoms with van der Waals surface area (Å²) in [5.41, 5.74) is 4.48. The van der Waals surface area contributed by atoms with Crippen molar-refractivity contribution in [2.45, 2.75) is 55.5 Å². The number of aromatic nitrogens is 4. The van der Waals surface area contributed by atoms with Gasteiger partial charge in [0, 0.05) is 11.7 Å². The SMILES string of the molecule is Cc1ccc(-n2ncc3c(SCC(=O)Nc4ccc(S(=O)(=O)NC5CCCC5)cc4)ncnc32)cc1C. The molecule has 2 heterocycles. The smallest absolute Gasteiger partial charge is 0.240 e. The molecule has 5 rings (SSSR count). The Labute approximate surface area is 220 Å². The molecule has 1 fully saturated rings. The van der Waals surface area contributed by atoms with Gasteiger partial charge in [0.2, 0.25) is 15.9 Å². The zero-order valence-corrected chi connectivity index (χ0v) is 22.3. The lowest BCUT2D eigenvalue weighted by atomic mass is 10.1. The molecule has 0 bridgehead atoms. The number of carbonyl (C=O) groups excluding carboxylic acids is 1. The second kappa shape index (κ2) is 10.6. The van der Waals surface area contributed by atoms with Gasteiger partial charge >= 0.3 is 0 Å². The fraction of sp³-hybridized carbons (Fsp3) is 0.308. The molecule has 0 spiro atoms. The van der Waals surface area contributed by atoms with Crippen LogP contribution in [0.4, 0.5) is 5.69 Å². The van der Waals surface area contributed by atoms with Crippen LogP contribution in [0.1, 0.15) is 36.8 Å². The summed E-state index contributed by atoms with van der Waals surface area (Å²) >= 11 is 1.29. The third kappa shape index (κ3) is 5.68. The quantitative estimate of drug-likeness (QED) is 0.253. The van der Waals surface area contributed by atoms with Crippen LogP contribution in [-0.2, 0) is 14.8 Å². The van der Waals surface area contributed by atoms with Crippen LogP contribution in [-0.4, -0.2) is 45.9 Å². The van der Waals surface area contributed by atoms with Crippen LogP contribution in [0.2, 0.25) is 0 Å². The molecular formula is C26H28N6O3S2. The molecule has 0 radical (unpaired) electrons. The average Bonchev–Trinajstić information content (AvgIpc) is 3.55. The third-order valence-corrected chi connectivity index (χ3v) is 9.07. The number of nitrogens with zero attached hydrogens (tertiary/aromatic N) is 4. The molecule has 9 nitrogen and oxygen atoms in total. The minimum atomic E-state index is -3.57. The van der Waals surface area contributed by atoms with Gasteiger partial charge in [-0.1, -0.05) is 30.7 Å². The number of fused-ring (bicyclic) bond motifs is 1. The highest BCUT2D eigenvalue weighted by molar-refractivity contribution is 8.00. The monoisotopic (exact) mass is 536 g/mol. The first kappa shape index (κ1) is 25.4. The van der Waals surface area contributed by atoms with E-state index in [4.69, 9.17) is 0 Å². The summed E-state index contributed by atoms with van der Waals surface area (Å²) in [5, 5.41) is 8.74. The van der Waals surface area contributed by atoms with Crippen LogP contribution >= 0.6 is 11.8 Å². The maximum Gasteiger partial charge on any atom is 0.240 e. The average molecular weight is 537 g/mol. The minimum absolute atomic E-state index is 0.00257. The molecule has 2 aromatic heterocycles. The number of sulfonamides is 1. The predicted octanol–water partition coefficient (Wildman–Crippen LogP) is 4.38. The fourth-order valence-corrected chi connectivity index (χ4v) is 6.43.